The maximum atomic E-state index is 5.50. The van der Waals surface area contributed by atoms with E-state index in [1.165, 1.54) is 19.4 Å². The molecular formula is C16H23N3O. The van der Waals surface area contributed by atoms with E-state index in [9.17, 15) is 0 Å². The minimum Gasteiger partial charge on any atom is -0.464 e. The Bertz CT molecular complexity index is 545. The molecule has 0 radical (unpaired) electrons. The van der Waals surface area contributed by atoms with Gasteiger partial charge in [0.05, 0.1) is 11.6 Å². The van der Waals surface area contributed by atoms with Gasteiger partial charge in [0.15, 0.2) is 0 Å². The molecular weight excluding hydrogens is 250 g/mol. The molecule has 0 saturated carbocycles. The summed E-state index contributed by atoms with van der Waals surface area (Å²) in [4.78, 5) is 7.04. The third kappa shape index (κ3) is 2.80. The van der Waals surface area contributed by atoms with Gasteiger partial charge in [0.1, 0.15) is 11.4 Å². The average Bonchev–Trinajstić information content (AvgIpc) is 2.96. The molecule has 0 amide bonds. The second-order valence-corrected chi connectivity index (χ2v) is 5.63. The number of aromatic nitrogens is 1. The average molecular weight is 273 g/mol. The lowest BCUT2D eigenvalue weighted by molar-refractivity contribution is 0.376. The zero-order valence-corrected chi connectivity index (χ0v) is 12.1. The van der Waals surface area contributed by atoms with Crippen LogP contribution in [0.3, 0.4) is 0 Å². The van der Waals surface area contributed by atoms with E-state index < -0.39 is 0 Å². The van der Waals surface area contributed by atoms with Crippen LogP contribution in [0, 0.1) is 5.92 Å². The molecule has 20 heavy (non-hydrogen) atoms. The van der Waals surface area contributed by atoms with Crippen LogP contribution in [0.15, 0.2) is 29.0 Å². The first kappa shape index (κ1) is 13.4. The monoisotopic (exact) mass is 273 g/mol. The van der Waals surface area contributed by atoms with Gasteiger partial charge in [0.25, 0.3) is 0 Å². The van der Waals surface area contributed by atoms with Crippen LogP contribution in [0.2, 0.25) is 0 Å². The maximum Gasteiger partial charge on any atom is 0.139 e. The summed E-state index contributed by atoms with van der Waals surface area (Å²) in [6, 6.07) is 3.96. The molecule has 108 valence electrons. The highest BCUT2D eigenvalue weighted by molar-refractivity contribution is 5.88. The standard InChI is InChI=1S/C16H23N3O/c1-2-9-19(12-13-4-3-7-17-11-13)16-14-6-10-20-15(14)5-8-18-16/h5-6,8,10,13,17H,2-4,7,9,11-12H2,1H3. The molecule has 1 unspecified atom stereocenters. The van der Waals surface area contributed by atoms with Crippen molar-refractivity contribution in [2.45, 2.75) is 26.2 Å². The Hall–Kier alpha value is -1.55. The second kappa shape index (κ2) is 6.27. The zero-order chi connectivity index (χ0) is 13.8. The van der Waals surface area contributed by atoms with Gasteiger partial charge in [-0.25, -0.2) is 4.98 Å². The van der Waals surface area contributed by atoms with Crippen molar-refractivity contribution in [2.75, 3.05) is 31.1 Å². The van der Waals surface area contributed by atoms with Crippen LogP contribution in [0.1, 0.15) is 26.2 Å². The van der Waals surface area contributed by atoms with Crippen molar-refractivity contribution in [3.8, 4) is 0 Å². The maximum absolute atomic E-state index is 5.50. The quantitative estimate of drug-likeness (QED) is 0.909. The van der Waals surface area contributed by atoms with Crippen LogP contribution < -0.4 is 10.2 Å². The fourth-order valence-electron chi connectivity index (χ4n) is 3.08. The van der Waals surface area contributed by atoms with Gasteiger partial charge in [0, 0.05) is 19.3 Å². The number of piperidine rings is 1. The smallest absolute Gasteiger partial charge is 0.139 e. The minimum atomic E-state index is 0.722. The van der Waals surface area contributed by atoms with E-state index >= 15 is 0 Å². The Kier molecular flexibility index (Phi) is 4.21. The molecule has 2 aromatic heterocycles. The predicted molar refractivity (Wildman–Crippen MR) is 82.1 cm³/mol. The van der Waals surface area contributed by atoms with E-state index in [4.69, 9.17) is 4.42 Å². The van der Waals surface area contributed by atoms with E-state index in [2.05, 4.69) is 22.1 Å². The van der Waals surface area contributed by atoms with Crippen molar-refractivity contribution in [1.29, 1.82) is 0 Å². The molecule has 3 heterocycles. The summed E-state index contributed by atoms with van der Waals surface area (Å²) in [5.41, 5.74) is 0.929. The zero-order valence-electron chi connectivity index (χ0n) is 12.1. The first-order valence-corrected chi connectivity index (χ1v) is 7.66. The van der Waals surface area contributed by atoms with Crippen molar-refractivity contribution >= 4 is 16.8 Å². The molecule has 1 N–H and O–H groups in total. The van der Waals surface area contributed by atoms with E-state index in [0.717, 1.165) is 48.8 Å². The van der Waals surface area contributed by atoms with Crippen LogP contribution in [0.25, 0.3) is 11.0 Å². The summed E-state index contributed by atoms with van der Waals surface area (Å²) in [5.74, 6) is 1.79. The van der Waals surface area contributed by atoms with E-state index in [-0.39, 0.29) is 0 Å². The number of furan rings is 1. The first-order chi connectivity index (χ1) is 9.88. The molecule has 3 rings (SSSR count). The summed E-state index contributed by atoms with van der Waals surface area (Å²) in [6.07, 6.45) is 7.34. The third-order valence-corrected chi connectivity index (χ3v) is 4.03. The van der Waals surface area contributed by atoms with Gasteiger partial charge in [-0.1, -0.05) is 6.92 Å². The minimum absolute atomic E-state index is 0.722. The lowest BCUT2D eigenvalue weighted by Gasteiger charge is -2.31. The van der Waals surface area contributed by atoms with Gasteiger partial charge >= 0.3 is 0 Å². The van der Waals surface area contributed by atoms with Gasteiger partial charge < -0.3 is 14.6 Å². The fraction of sp³-hybridized carbons (Fsp3) is 0.562. The normalized spacial score (nSPS) is 19.4. The lowest BCUT2D eigenvalue weighted by Crippen LogP contribution is -2.39. The number of pyridine rings is 1. The summed E-state index contributed by atoms with van der Waals surface area (Å²) in [7, 11) is 0. The molecule has 4 nitrogen and oxygen atoms in total. The molecule has 0 aromatic carbocycles. The van der Waals surface area contributed by atoms with Crippen LogP contribution in [-0.4, -0.2) is 31.2 Å². The summed E-state index contributed by atoms with van der Waals surface area (Å²) >= 11 is 0. The first-order valence-electron chi connectivity index (χ1n) is 7.66. The van der Waals surface area contributed by atoms with Crippen molar-refractivity contribution in [3.63, 3.8) is 0 Å². The Balaban J connectivity index is 1.83. The van der Waals surface area contributed by atoms with Crippen molar-refractivity contribution < 1.29 is 4.42 Å². The molecule has 1 atom stereocenters. The van der Waals surface area contributed by atoms with Crippen LogP contribution in [0.4, 0.5) is 5.82 Å². The van der Waals surface area contributed by atoms with Crippen LogP contribution in [-0.2, 0) is 0 Å². The van der Waals surface area contributed by atoms with Crippen LogP contribution >= 0.6 is 0 Å². The molecule has 1 fully saturated rings. The summed E-state index contributed by atoms with van der Waals surface area (Å²) in [5, 5.41) is 4.63. The highest BCUT2D eigenvalue weighted by Crippen LogP contribution is 2.26. The molecule has 1 aliphatic rings. The number of hydrogen-bond donors (Lipinski definition) is 1. The Morgan fingerprint density at radius 1 is 1.45 bits per heavy atom. The third-order valence-electron chi connectivity index (χ3n) is 4.03. The van der Waals surface area contributed by atoms with E-state index in [0.29, 0.717) is 0 Å². The second-order valence-electron chi connectivity index (χ2n) is 5.63. The predicted octanol–water partition coefficient (Wildman–Crippen LogP) is 3.04. The molecule has 0 spiro atoms. The van der Waals surface area contributed by atoms with Gasteiger partial charge in [-0.2, -0.15) is 0 Å². The van der Waals surface area contributed by atoms with Crippen molar-refractivity contribution in [3.05, 3.63) is 24.6 Å². The van der Waals surface area contributed by atoms with Crippen molar-refractivity contribution in [1.82, 2.24) is 10.3 Å². The Morgan fingerprint density at radius 2 is 2.40 bits per heavy atom. The highest BCUT2D eigenvalue weighted by Gasteiger charge is 2.19. The van der Waals surface area contributed by atoms with Crippen LogP contribution in [0.5, 0.6) is 0 Å². The molecule has 1 aliphatic heterocycles. The number of nitrogens with zero attached hydrogens (tertiary/aromatic N) is 2. The van der Waals surface area contributed by atoms with E-state index in [1.54, 1.807) is 6.26 Å². The molecule has 4 heteroatoms. The topological polar surface area (TPSA) is 41.3 Å². The van der Waals surface area contributed by atoms with Gasteiger partial charge in [-0.15, -0.1) is 0 Å². The van der Waals surface area contributed by atoms with Crippen molar-refractivity contribution in [2.24, 2.45) is 5.92 Å². The molecule has 2 aromatic rings. The molecule has 1 saturated heterocycles. The molecule has 0 aliphatic carbocycles. The Morgan fingerprint density at radius 3 is 3.20 bits per heavy atom. The summed E-state index contributed by atoms with van der Waals surface area (Å²) in [6.45, 7) is 6.65. The molecule has 0 bridgehead atoms. The number of nitrogens with one attached hydrogen (secondary N) is 1. The van der Waals surface area contributed by atoms with Gasteiger partial charge in [-0.3, -0.25) is 0 Å². The number of hydrogen-bond acceptors (Lipinski definition) is 4. The Labute approximate surface area is 120 Å². The number of rotatable bonds is 5. The highest BCUT2D eigenvalue weighted by atomic mass is 16.3. The number of fused-ring (bicyclic) bond motifs is 1. The number of anilines is 1. The van der Waals surface area contributed by atoms with Gasteiger partial charge in [-0.05, 0) is 50.4 Å². The largest absolute Gasteiger partial charge is 0.464 e. The van der Waals surface area contributed by atoms with E-state index in [1.807, 2.05) is 18.3 Å². The summed E-state index contributed by atoms with van der Waals surface area (Å²) < 4.78 is 5.50. The SMILES string of the molecule is CCCN(CC1CCCNC1)c1nccc2occc12. The lowest BCUT2D eigenvalue weighted by atomic mass is 9.99. The van der Waals surface area contributed by atoms with Gasteiger partial charge in [0.2, 0.25) is 0 Å². The fourth-order valence-corrected chi connectivity index (χ4v) is 3.08.